The Morgan fingerprint density at radius 2 is 1.69 bits per heavy atom. The van der Waals surface area contributed by atoms with E-state index < -0.39 is 23.5 Å². The number of ether oxygens (including phenoxy) is 1. The number of morpholine rings is 1. The molecule has 0 aromatic heterocycles. The monoisotopic (exact) mass is 502 g/mol. The number of carbonyl (C=O) groups excluding carboxylic acids is 2. The van der Waals surface area contributed by atoms with Crippen LogP contribution in [0.5, 0.6) is 0 Å². The molecule has 1 N–H and O–H groups in total. The van der Waals surface area contributed by atoms with Crippen LogP contribution in [-0.4, -0.2) is 66.0 Å². The average molecular weight is 503 g/mol. The van der Waals surface area contributed by atoms with Crippen molar-refractivity contribution in [1.82, 2.24) is 9.80 Å². The number of rotatable bonds is 6. The van der Waals surface area contributed by atoms with E-state index in [9.17, 15) is 19.1 Å². The van der Waals surface area contributed by atoms with Gasteiger partial charge in [0.1, 0.15) is 11.6 Å². The van der Waals surface area contributed by atoms with Gasteiger partial charge in [0.2, 0.25) is 0 Å². The van der Waals surface area contributed by atoms with Gasteiger partial charge in [-0.2, -0.15) is 0 Å². The minimum Gasteiger partial charge on any atom is -0.507 e. The molecule has 8 heteroatoms. The highest BCUT2D eigenvalue weighted by Gasteiger charge is 2.45. The summed E-state index contributed by atoms with van der Waals surface area (Å²) >= 11 is 3.41. The molecule has 2 saturated heterocycles. The van der Waals surface area contributed by atoms with Crippen molar-refractivity contribution < 1.29 is 23.8 Å². The zero-order valence-corrected chi connectivity index (χ0v) is 19.1. The van der Waals surface area contributed by atoms with Crippen LogP contribution < -0.4 is 0 Å². The smallest absolute Gasteiger partial charge is 0.295 e. The predicted octanol–water partition coefficient (Wildman–Crippen LogP) is 3.73. The molecule has 1 atom stereocenters. The van der Waals surface area contributed by atoms with E-state index in [1.165, 1.54) is 29.2 Å². The number of halogens is 2. The molecule has 0 spiro atoms. The summed E-state index contributed by atoms with van der Waals surface area (Å²) in [7, 11) is 0. The normalized spacial score (nSPS) is 21.3. The number of nitrogens with zero attached hydrogens (tertiary/aromatic N) is 2. The van der Waals surface area contributed by atoms with Crippen molar-refractivity contribution in [2.75, 3.05) is 39.4 Å². The van der Waals surface area contributed by atoms with E-state index in [0.717, 1.165) is 29.7 Å². The van der Waals surface area contributed by atoms with Crippen LogP contribution >= 0.6 is 15.9 Å². The van der Waals surface area contributed by atoms with Gasteiger partial charge in [0.05, 0.1) is 24.8 Å². The molecule has 2 heterocycles. The maximum Gasteiger partial charge on any atom is 0.295 e. The summed E-state index contributed by atoms with van der Waals surface area (Å²) < 4.78 is 19.6. The summed E-state index contributed by atoms with van der Waals surface area (Å²) in [5.74, 6) is -2.11. The summed E-state index contributed by atoms with van der Waals surface area (Å²) in [6.07, 6.45) is 0.691. The van der Waals surface area contributed by atoms with Gasteiger partial charge in [0.25, 0.3) is 11.7 Å². The molecular weight excluding hydrogens is 479 g/mol. The highest BCUT2D eigenvalue weighted by Crippen LogP contribution is 2.39. The SMILES string of the molecule is O=C1C(=O)N(CCCN2CCOCC2)[C@@H](c2ccc(Br)cc2)C1=C(O)c1ccc(F)cc1. The number of aliphatic hydroxyl groups is 1. The molecule has 168 valence electrons. The molecule has 0 aliphatic carbocycles. The molecule has 0 unspecified atom stereocenters. The van der Waals surface area contributed by atoms with E-state index >= 15 is 0 Å². The van der Waals surface area contributed by atoms with Crippen LogP contribution in [0.15, 0.2) is 58.6 Å². The summed E-state index contributed by atoms with van der Waals surface area (Å²) in [6, 6.07) is 11.8. The molecule has 0 bridgehead atoms. The number of aliphatic hydroxyl groups excluding tert-OH is 1. The van der Waals surface area contributed by atoms with Gasteiger partial charge in [-0.25, -0.2) is 4.39 Å². The van der Waals surface area contributed by atoms with Crippen LogP contribution in [0.3, 0.4) is 0 Å². The molecule has 32 heavy (non-hydrogen) atoms. The summed E-state index contributed by atoms with van der Waals surface area (Å²) in [4.78, 5) is 29.8. The molecular formula is C24H24BrFN2O4. The van der Waals surface area contributed by atoms with E-state index in [0.29, 0.717) is 31.7 Å². The van der Waals surface area contributed by atoms with Crippen molar-refractivity contribution in [3.8, 4) is 0 Å². The van der Waals surface area contributed by atoms with Gasteiger partial charge >= 0.3 is 0 Å². The fourth-order valence-corrected chi connectivity index (χ4v) is 4.42. The minimum atomic E-state index is -0.730. The third-order valence-electron chi connectivity index (χ3n) is 5.82. The van der Waals surface area contributed by atoms with E-state index in [2.05, 4.69) is 20.8 Å². The molecule has 2 aromatic rings. The molecule has 2 aliphatic heterocycles. The molecule has 4 rings (SSSR count). The number of hydrogen-bond donors (Lipinski definition) is 1. The summed E-state index contributed by atoms with van der Waals surface area (Å²) in [5.41, 5.74) is 1.04. The van der Waals surface area contributed by atoms with Crippen molar-refractivity contribution in [3.05, 3.63) is 75.5 Å². The third kappa shape index (κ3) is 4.77. The maximum atomic E-state index is 13.4. The molecule has 2 aliphatic rings. The van der Waals surface area contributed by atoms with Gasteiger partial charge in [-0.1, -0.05) is 28.1 Å². The minimum absolute atomic E-state index is 0.0234. The van der Waals surface area contributed by atoms with Crippen molar-refractivity contribution in [3.63, 3.8) is 0 Å². The largest absolute Gasteiger partial charge is 0.507 e. The molecule has 2 fully saturated rings. The van der Waals surface area contributed by atoms with E-state index in [1.54, 1.807) is 0 Å². The Morgan fingerprint density at radius 1 is 1.03 bits per heavy atom. The lowest BCUT2D eigenvalue weighted by molar-refractivity contribution is -0.140. The van der Waals surface area contributed by atoms with Gasteiger partial charge in [0.15, 0.2) is 0 Å². The quantitative estimate of drug-likeness (QED) is 0.370. The second kappa shape index (κ2) is 9.94. The lowest BCUT2D eigenvalue weighted by Crippen LogP contribution is -2.38. The van der Waals surface area contributed by atoms with Gasteiger partial charge < -0.3 is 14.7 Å². The number of likely N-dealkylation sites (tertiary alicyclic amines) is 1. The molecule has 0 radical (unpaired) electrons. The topological polar surface area (TPSA) is 70.1 Å². The average Bonchev–Trinajstić information content (AvgIpc) is 3.05. The number of carbonyl (C=O) groups is 2. The first-order valence-corrected chi connectivity index (χ1v) is 11.3. The number of benzene rings is 2. The van der Waals surface area contributed by atoms with Crippen LogP contribution in [0.2, 0.25) is 0 Å². The van der Waals surface area contributed by atoms with Crippen LogP contribution in [0.25, 0.3) is 5.76 Å². The van der Waals surface area contributed by atoms with Crippen molar-refractivity contribution >= 4 is 33.4 Å². The fraction of sp³-hybridized carbons (Fsp3) is 0.333. The second-order valence-corrected chi connectivity index (χ2v) is 8.77. The number of amides is 1. The van der Waals surface area contributed by atoms with Gasteiger partial charge in [-0.3, -0.25) is 14.5 Å². The molecule has 6 nitrogen and oxygen atoms in total. The Kier molecular flexibility index (Phi) is 7.03. The molecule has 1 amide bonds. The standard InChI is InChI=1S/C24H24BrFN2O4/c25-18-6-2-16(3-7-18)21-20(22(29)17-4-8-19(26)9-5-17)23(30)24(31)28(21)11-1-10-27-12-14-32-15-13-27/h2-9,21,29H,1,10-15H2/t21-/m0/s1. The first-order valence-electron chi connectivity index (χ1n) is 10.6. The Hall–Kier alpha value is -2.55. The van der Waals surface area contributed by atoms with Crippen molar-refractivity contribution in [1.29, 1.82) is 0 Å². The molecule has 2 aromatic carbocycles. The fourth-order valence-electron chi connectivity index (χ4n) is 4.15. The Morgan fingerprint density at radius 3 is 2.34 bits per heavy atom. The Balaban J connectivity index is 1.66. The number of Topliss-reactive ketones (excluding diaryl/α,β-unsaturated/α-hetero) is 1. The van der Waals surface area contributed by atoms with Crippen LogP contribution in [-0.2, 0) is 14.3 Å². The number of ketones is 1. The highest BCUT2D eigenvalue weighted by molar-refractivity contribution is 9.10. The predicted molar refractivity (Wildman–Crippen MR) is 121 cm³/mol. The first kappa shape index (κ1) is 22.6. The Bertz CT molecular complexity index is 1020. The maximum absolute atomic E-state index is 13.4. The molecule has 0 saturated carbocycles. The van der Waals surface area contributed by atoms with Crippen molar-refractivity contribution in [2.24, 2.45) is 0 Å². The number of hydrogen-bond acceptors (Lipinski definition) is 5. The van der Waals surface area contributed by atoms with Crippen LogP contribution in [0.1, 0.15) is 23.6 Å². The zero-order valence-electron chi connectivity index (χ0n) is 17.5. The van der Waals surface area contributed by atoms with Gasteiger partial charge in [-0.05, 0) is 48.4 Å². The lowest BCUT2D eigenvalue weighted by atomic mass is 9.95. The summed E-state index contributed by atoms with van der Waals surface area (Å²) in [6.45, 7) is 4.25. The van der Waals surface area contributed by atoms with Gasteiger partial charge in [0, 0.05) is 36.2 Å². The summed E-state index contributed by atoms with van der Waals surface area (Å²) in [5, 5.41) is 11.0. The second-order valence-electron chi connectivity index (χ2n) is 7.86. The third-order valence-corrected chi connectivity index (χ3v) is 6.35. The zero-order chi connectivity index (χ0) is 22.7. The highest BCUT2D eigenvalue weighted by atomic mass is 79.9. The van der Waals surface area contributed by atoms with Crippen molar-refractivity contribution in [2.45, 2.75) is 12.5 Å². The lowest BCUT2D eigenvalue weighted by Gasteiger charge is -2.29. The van der Waals surface area contributed by atoms with E-state index in [4.69, 9.17) is 4.74 Å². The van der Waals surface area contributed by atoms with Crippen LogP contribution in [0, 0.1) is 5.82 Å². The Labute approximate surface area is 194 Å². The first-order chi connectivity index (χ1) is 15.5. The van der Waals surface area contributed by atoms with E-state index in [-0.39, 0.29) is 11.3 Å². The van der Waals surface area contributed by atoms with Crippen LogP contribution in [0.4, 0.5) is 4.39 Å². The van der Waals surface area contributed by atoms with Gasteiger partial charge in [-0.15, -0.1) is 0 Å². The van der Waals surface area contributed by atoms with E-state index in [1.807, 2.05) is 24.3 Å².